The fourth-order valence-corrected chi connectivity index (χ4v) is 3.31. The molecule has 0 N–H and O–H groups in total. The number of hydrogen-bond donors (Lipinski definition) is 0. The highest BCUT2D eigenvalue weighted by Gasteiger charge is 2.22. The van der Waals surface area contributed by atoms with Gasteiger partial charge in [-0.3, -0.25) is 4.79 Å². The third-order valence-electron chi connectivity index (χ3n) is 3.69. The van der Waals surface area contributed by atoms with E-state index in [1.54, 1.807) is 31.4 Å². The Morgan fingerprint density at radius 2 is 2.04 bits per heavy atom. The summed E-state index contributed by atoms with van der Waals surface area (Å²) in [5.41, 5.74) is 1.48. The number of rotatable bonds is 4. The molecule has 3 nitrogen and oxygen atoms in total. The highest BCUT2D eigenvalue weighted by Crippen LogP contribution is 2.30. The summed E-state index contributed by atoms with van der Waals surface area (Å²) in [6.45, 7) is 1.91. The van der Waals surface area contributed by atoms with Crippen LogP contribution >= 0.6 is 22.6 Å². The van der Waals surface area contributed by atoms with Crippen LogP contribution in [0.5, 0.6) is 5.75 Å². The van der Waals surface area contributed by atoms with Gasteiger partial charge in [-0.1, -0.05) is 6.92 Å². The highest BCUT2D eigenvalue weighted by molar-refractivity contribution is 14.1. The Bertz CT molecular complexity index is 899. The molecule has 0 aliphatic heterocycles. The molecule has 0 amide bonds. The van der Waals surface area contributed by atoms with Gasteiger partial charge in [-0.2, -0.15) is 0 Å². The van der Waals surface area contributed by atoms with Gasteiger partial charge >= 0.3 is 0 Å². The van der Waals surface area contributed by atoms with Crippen LogP contribution in [0.15, 0.2) is 40.8 Å². The van der Waals surface area contributed by atoms with Gasteiger partial charge in [0.25, 0.3) is 0 Å². The Balaban J connectivity index is 2.17. The minimum atomic E-state index is -0.390. The lowest BCUT2D eigenvalue weighted by atomic mass is 9.99. The second-order valence-electron chi connectivity index (χ2n) is 5.07. The van der Waals surface area contributed by atoms with E-state index in [1.807, 2.05) is 6.92 Å². The van der Waals surface area contributed by atoms with E-state index in [-0.39, 0.29) is 11.6 Å². The number of ketones is 1. The van der Waals surface area contributed by atoms with Crippen LogP contribution in [0.1, 0.15) is 28.6 Å². The van der Waals surface area contributed by atoms with Gasteiger partial charge in [-0.05, 0) is 59.0 Å². The Labute approximate surface area is 146 Å². The SMILES string of the molecule is CCc1oc2ccc(F)cc2c1C(=O)c1ccc(OC)c(I)c1. The van der Waals surface area contributed by atoms with E-state index < -0.39 is 0 Å². The molecule has 5 heteroatoms. The number of fused-ring (bicyclic) bond motifs is 1. The largest absolute Gasteiger partial charge is 0.496 e. The molecule has 0 aliphatic rings. The zero-order chi connectivity index (χ0) is 16.6. The van der Waals surface area contributed by atoms with Gasteiger partial charge in [0.1, 0.15) is 22.9 Å². The lowest BCUT2D eigenvalue weighted by Crippen LogP contribution is -2.04. The van der Waals surface area contributed by atoms with E-state index in [9.17, 15) is 9.18 Å². The smallest absolute Gasteiger partial charge is 0.197 e. The summed E-state index contributed by atoms with van der Waals surface area (Å²) in [5.74, 6) is 0.716. The van der Waals surface area contributed by atoms with Crippen LogP contribution in [0, 0.1) is 9.39 Å². The van der Waals surface area contributed by atoms with Crippen molar-refractivity contribution in [1.82, 2.24) is 0 Å². The van der Waals surface area contributed by atoms with Crippen LogP contribution < -0.4 is 4.74 Å². The molecule has 0 saturated heterocycles. The van der Waals surface area contributed by atoms with Crippen molar-refractivity contribution >= 4 is 39.3 Å². The van der Waals surface area contributed by atoms with Crippen LogP contribution in [-0.4, -0.2) is 12.9 Å². The van der Waals surface area contributed by atoms with Crippen molar-refractivity contribution < 1.29 is 18.3 Å². The maximum absolute atomic E-state index is 13.6. The minimum Gasteiger partial charge on any atom is -0.496 e. The molecule has 23 heavy (non-hydrogen) atoms. The number of halogens is 2. The number of furan rings is 1. The Hall–Kier alpha value is -1.89. The van der Waals surface area contributed by atoms with Gasteiger partial charge in [0.05, 0.1) is 16.2 Å². The third kappa shape index (κ3) is 2.85. The molecule has 0 radical (unpaired) electrons. The number of benzene rings is 2. The zero-order valence-electron chi connectivity index (χ0n) is 12.7. The van der Waals surface area contributed by atoms with Crippen LogP contribution in [0.4, 0.5) is 4.39 Å². The zero-order valence-corrected chi connectivity index (χ0v) is 14.8. The average Bonchev–Trinajstić information content (AvgIpc) is 2.91. The van der Waals surface area contributed by atoms with Crippen LogP contribution in [0.3, 0.4) is 0 Å². The molecule has 0 bridgehead atoms. The van der Waals surface area contributed by atoms with Gasteiger partial charge < -0.3 is 9.15 Å². The van der Waals surface area contributed by atoms with Crippen molar-refractivity contribution in [3.05, 3.63) is 62.7 Å². The van der Waals surface area contributed by atoms with Crippen molar-refractivity contribution in [3.8, 4) is 5.75 Å². The van der Waals surface area contributed by atoms with Crippen molar-refractivity contribution in [2.24, 2.45) is 0 Å². The predicted molar refractivity (Wildman–Crippen MR) is 94.7 cm³/mol. The predicted octanol–water partition coefficient (Wildman–Crippen LogP) is 4.98. The van der Waals surface area contributed by atoms with Crippen LogP contribution in [-0.2, 0) is 6.42 Å². The van der Waals surface area contributed by atoms with E-state index in [0.29, 0.717) is 40.0 Å². The molecule has 1 aromatic heterocycles. The number of hydrogen-bond acceptors (Lipinski definition) is 3. The topological polar surface area (TPSA) is 39.4 Å². The molecular weight excluding hydrogens is 410 g/mol. The summed E-state index contributed by atoms with van der Waals surface area (Å²) < 4.78 is 25.3. The number of aryl methyl sites for hydroxylation is 1. The summed E-state index contributed by atoms with van der Waals surface area (Å²) in [4.78, 5) is 12.9. The Kier molecular flexibility index (Phi) is 4.39. The average molecular weight is 424 g/mol. The molecule has 2 aromatic carbocycles. The van der Waals surface area contributed by atoms with Gasteiger partial charge in [0, 0.05) is 17.4 Å². The number of carbonyl (C=O) groups is 1. The maximum atomic E-state index is 13.6. The molecule has 3 rings (SSSR count). The van der Waals surface area contributed by atoms with Crippen molar-refractivity contribution in [3.63, 3.8) is 0 Å². The normalized spacial score (nSPS) is 11.0. The fraction of sp³-hybridized carbons (Fsp3) is 0.167. The quantitative estimate of drug-likeness (QED) is 0.438. The molecule has 3 aromatic rings. The summed E-state index contributed by atoms with van der Waals surface area (Å²) in [7, 11) is 1.58. The van der Waals surface area contributed by atoms with Crippen molar-refractivity contribution in [2.75, 3.05) is 7.11 Å². The fourth-order valence-electron chi connectivity index (χ4n) is 2.57. The first kappa shape index (κ1) is 16.0. The number of methoxy groups -OCH3 is 1. The second kappa shape index (κ2) is 6.31. The molecule has 0 aliphatic carbocycles. The number of carbonyl (C=O) groups excluding carboxylic acids is 1. The lowest BCUT2D eigenvalue weighted by molar-refractivity contribution is 0.103. The third-order valence-corrected chi connectivity index (χ3v) is 4.53. The van der Waals surface area contributed by atoms with Gasteiger partial charge in [-0.25, -0.2) is 4.39 Å². The monoisotopic (exact) mass is 424 g/mol. The van der Waals surface area contributed by atoms with E-state index in [2.05, 4.69) is 22.6 Å². The lowest BCUT2D eigenvalue weighted by Gasteiger charge is -2.06. The van der Waals surface area contributed by atoms with E-state index >= 15 is 0 Å². The minimum absolute atomic E-state index is 0.174. The van der Waals surface area contributed by atoms with Gasteiger partial charge in [-0.15, -0.1) is 0 Å². The Morgan fingerprint density at radius 1 is 1.26 bits per heavy atom. The van der Waals surface area contributed by atoms with Crippen molar-refractivity contribution in [1.29, 1.82) is 0 Å². The molecule has 0 atom stereocenters. The first-order chi connectivity index (χ1) is 11.0. The molecule has 0 fully saturated rings. The maximum Gasteiger partial charge on any atom is 0.197 e. The van der Waals surface area contributed by atoms with E-state index in [4.69, 9.17) is 9.15 Å². The Morgan fingerprint density at radius 3 is 2.70 bits per heavy atom. The molecule has 0 saturated carbocycles. The van der Waals surface area contributed by atoms with Crippen LogP contribution in [0.25, 0.3) is 11.0 Å². The molecule has 0 spiro atoms. The van der Waals surface area contributed by atoms with E-state index in [0.717, 1.165) is 3.57 Å². The van der Waals surface area contributed by atoms with Crippen LogP contribution in [0.2, 0.25) is 0 Å². The molecule has 0 unspecified atom stereocenters. The van der Waals surface area contributed by atoms with Crippen molar-refractivity contribution in [2.45, 2.75) is 13.3 Å². The first-order valence-corrected chi connectivity index (χ1v) is 8.22. The van der Waals surface area contributed by atoms with E-state index in [1.165, 1.54) is 12.1 Å². The first-order valence-electron chi connectivity index (χ1n) is 7.14. The number of ether oxygens (including phenoxy) is 1. The second-order valence-corrected chi connectivity index (χ2v) is 6.23. The molecular formula is C18H14FIO3. The molecule has 1 heterocycles. The standard InChI is InChI=1S/C18H14FIO3/c1-3-14-17(12-9-11(19)5-7-15(12)23-14)18(21)10-4-6-16(22-2)13(20)8-10/h4-9H,3H2,1-2H3. The molecule has 118 valence electrons. The highest BCUT2D eigenvalue weighted by atomic mass is 127. The summed E-state index contributed by atoms with van der Waals surface area (Å²) in [6, 6.07) is 9.46. The van der Waals surface area contributed by atoms with Gasteiger partial charge in [0.2, 0.25) is 0 Å². The van der Waals surface area contributed by atoms with Gasteiger partial charge in [0.15, 0.2) is 5.78 Å². The summed E-state index contributed by atoms with van der Waals surface area (Å²) >= 11 is 2.12. The summed E-state index contributed by atoms with van der Waals surface area (Å²) in [5, 5.41) is 0.512. The summed E-state index contributed by atoms with van der Waals surface area (Å²) in [6.07, 6.45) is 0.560.